The van der Waals surface area contributed by atoms with Crippen LogP contribution >= 0.6 is 0 Å². The van der Waals surface area contributed by atoms with Crippen LogP contribution in [0.4, 0.5) is 0 Å². The fourth-order valence-corrected chi connectivity index (χ4v) is 41.9. The van der Waals surface area contributed by atoms with E-state index in [2.05, 4.69) is 29.0 Å². The van der Waals surface area contributed by atoms with Crippen molar-refractivity contribution in [3.05, 3.63) is 23.3 Å². The van der Waals surface area contributed by atoms with Crippen LogP contribution in [0.5, 0.6) is 0 Å². The van der Waals surface area contributed by atoms with E-state index < -0.39 is 0 Å². The second-order valence-electron chi connectivity index (χ2n) is 8.18. The van der Waals surface area contributed by atoms with Crippen molar-refractivity contribution < 1.29 is 214 Å². The van der Waals surface area contributed by atoms with Crippen LogP contribution in [-0.4, -0.2) is 120 Å². The van der Waals surface area contributed by atoms with Crippen LogP contribution in [0.2, 0.25) is 0 Å². The summed E-state index contributed by atoms with van der Waals surface area (Å²) in [6.45, 7) is 1.37. The molecule has 84 valence electrons. The normalized spacial score (nSPS) is 30.7. The predicted molar refractivity (Wildman–Crippen MR) is 69.5 cm³/mol. The minimum absolute atomic E-state index is 0.587. The first-order valence-electron chi connectivity index (χ1n) is 8.18. The van der Waals surface area contributed by atoms with E-state index in [1.807, 2.05) is 2.83 Å². The third kappa shape index (κ3) is 5.27. The van der Waals surface area contributed by atoms with Gasteiger partial charge in [0.1, 0.15) is 0 Å². The molecule has 2 nitrogen and oxygen atoms in total. The van der Waals surface area contributed by atoms with Gasteiger partial charge in [0, 0.05) is 0 Å². The summed E-state index contributed by atoms with van der Waals surface area (Å²) in [5, 5.41) is 0. The van der Waals surface area contributed by atoms with Gasteiger partial charge in [0.2, 0.25) is 0 Å². The fraction of sp³-hybridized carbons (Fsp3) is 0.500. The molecule has 2 aliphatic rings. The third-order valence-corrected chi connectivity index (χ3v) is 122. The van der Waals surface area contributed by atoms with Crippen LogP contribution in [0.25, 0.3) is 0 Å². The van der Waals surface area contributed by atoms with E-state index in [1.54, 1.807) is 5.56 Å². The van der Waals surface area contributed by atoms with E-state index in [-0.39, 0.29) is 0 Å². The Kier molecular flexibility index (Phi) is 12.9. The van der Waals surface area contributed by atoms with Gasteiger partial charge in [-0.1, -0.05) is 0 Å². The third-order valence-electron chi connectivity index (χ3n) is 6.92. The zero-order valence-electron chi connectivity index (χ0n) is 14.9. The zero-order valence-corrected chi connectivity index (χ0v) is 65.8. The summed E-state index contributed by atoms with van der Waals surface area (Å²) in [6.07, 6.45) is 0. The molecular formula is C12H14N2Ra5Rb2. The summed E-state index contributed by atoms with van der Waals surface area (Å²) in [4.78, 5) is 6.19. The van der Waals surface area contributed by atoms with Crippen LogP contribution in [0.3, 0.4) is 0 Å². The van der Waals surface area contributed by atoms with Gasteiger partial charge in [0.25, 0.3) is 0 Å². The second-order valence-corrected chi connectivity index (χ2v) is 118. The molecule has 0 spiro atoms. The maximum atomic E-state index is 3.16. The molecule has 2 unspecified atom stereocenters. The molecule has 0 radical (unpaired) electrons. The van der Waals surface area contributed by atoms with Gasteiger partial charge in [-0.25, -0.2) is 0 Å². The number of hydrogen-bond acceptors (Lipinski definition) is 2. The molecule has 1 aromatic carbocycles. The molecule has 0 amide bonds. The average Bonchev–Trinajstić information content (AvgIpc) is 2.75. The van der Waals surface area contributed by atoms with Gasteiger partial charge in [-0.2, -0.15) is 0 Å². The molecule has 0 aromatic heterocycles. The van der Waals surface area contributed by atoms with Crippen molar-refractivity contribution in [3.63, 3.8) is 0 Å². The van der Waals surface area contributed by atoms with Gasteiger partial charge in [0.15, 0.2) is 0 Å². The molecule has 0 aliphatic carbocycles. The maximum absolute atomic E-state index is 3.16. The Labute approximate surface area is 352 Å². The minimum atomic E-state index is 0.587. The number of hydrogen-bond donors (Lipinski definition) is 0. The first-order chi connectivity index (χ1) is 9.59. The van der Waals surface area contributed by atoms with E-state index in [4.69, 9.17) is 0 Å². The summed E-state index contributed by atoms with van der Waals surface area (Å²) in [5.41, 5.74) is 3.61. The van der Waals surface area contributed by atoms with Crippen molar-refractivity contribution >= 4 is 108 Å². The summed E-state index contributed by atoms with van der Waals surface area (Å²) in [6, 6.07) is 6.25. The van der Waals surface area contributed by atoms with Crippen LogP contribution in [0.15, 0.2) is 12.1 Å². The van der Waals surface area contributed by atoms with Gasteiger partial charge >= 0.3 is 367 Å². The van der Waals surface area contributed by atoms with Gasteiger partial charge in [0.05, 0.1) is 0 Å². The standard InChI is InChI=1S/C12H9N2.5Ra.2Rb.5H/c1-13-6-7-14-8-10-4-2-3-5-11(10)12(14)9-13;;;;;;;;;;;;/h4-5,9,12H,8H2,1H3;;;;;;;;;;;;. The first-order valence-corrected chi connectivity index (χ1v) is 34.3. The molecule has 3 rings (SSSR count). The Morgan fingerprint density at radius 1 is 1.10 bits per heavy atom. The Morgan fingerprint density at radius 3 is 2.29 bits per heavy atom. The number of nitrogens with zero attached hydrogens (tertiary/aromatic N) is 2. The van der Waals surface area contributed by atoms with E-state index >= 15 is 0 Å². The van der Waals surface area contributed by atoms with Crippen molar-refractivity contribution in [2.24, 2.45) is 0 Å². The van der Waals surface area contributed by atoms with Crippen LogP contribution in [-0.2, 0) is 6.54 Å². The molecule has 9 heteroatoms. The van der Waals surface area contributed by atoms with Gasteiger partial charge in [-0.3, -0.25) is 0 Å². The number of benzene rings is 1. The fourth-order valence-electron chi connectivity index (χ4n) is 4.33. The number of rotatable bonds is 0. The monoisotopic (exact) mass is 1490 g/mol. The summed E-state index contributed by atoms with van der Waals surface area (Å²) < 4.78 is 6.42. The zero-order chi connectivity index (χ0) is 15.7. The molecule has 0 bridgehead atoms. The van der Waals surface area contributed by atoms with Crippen molar-refractivity contribution in [2.45, 2.75) is 4.91 Å². The summed E-state index contributed by atoms with van der Waals surface area (Å²) in [5.74, 6) is 0. The van der Waals surface area contributed by atoms with E-state index in [0.29, 0.717) is 325 Å². The van der Waals surface area contributed by atoms with Gasteiger partial charge in [-0.15, -0.1) is 0 Å². The molecule has 21 heavy (non-hydrogen) atoms. The summed E-state index contributed by atoms with van der Waals surface area (Å²) >= 11 is 4.65. The van der Waals surface area contributed by atoms with Crippen LogP contribution in [0, 0.1) is 214 Å². The van der Waals surface area contributed by atoms with Crippen molar-refractivity contribution in [3.8, 4) is 0 Å². The predicted octanol–water partition coefficient (Wildman–Crippen LogP) is -2.88. The van der Waals surface area contributed by atoms with Crippen LogP contribution in [0.1, 0.15) is 17.2 Å². The van der Waals surface area contributed by atoms with E-state index in [0.717, 1.165) is -1.63 Å². The van der Waals surface area contributed by atoms with E-state index in [9.17, 15) is 0 Å². The molecule has 0 N–H and O–H groups in total. The van der Waals surface area contributed by atoms with Gasteiger partial charge < -0.3 is 0 Å². The topological polar surface area (TPSA) is 6.48 Å². The summed E-state index contributed by atoms with van der Waals surface area (Å²) in [7, 11) is 2.56. The molecule has 0 saturated carbocycles. The molecular weight excluding hydrogens is 1470 g/mol. The molecule has 1 aromatic rings. The number of likely N-dealkylation sites (N-methyl/N-ethyl adjacent to an activating group) is 1. The van der Waals surface area contributed by atoms with Crippen molar-refractivity contribution in [1.29, 1.82) is 0 Å². The molecule has 2 atom stereocenters. The molecule has 1 saturated heterocycles. The Hall–Kier alpha value is 10.1. The number of piperazine rings is 1. The van der Waals surface area contributed by atoms with Gasteiger partial charge in [-0.05, 0) is 0 Å². The molecule has 2 aliphatic heterocycles. The van der Waals surface area contributed by atoms with Crippen molar-refractivity contribution in [2.75, 3.05) is 7.05 Å². The Bertz CT molecular complexity index is 610. The van der Waals surface area contributed by atoms with Crippen LogP contribution < -0.4 is -2.74 Å². The first kappa shape index (κ1) is 25.7. The Morgan fingerprint density at radius 2 is 1.67 bits per heavy atom. The second kappa shape index (κ2) is 10.6. The van der Waals surface area contributed by atoms with E-state index in [1.165, 1.54) is 6.54 Å². The number of fused-ring (bicyclic) bond motifs is 3. The quantitative estimate of drug-likeness (QED) is 0.276. The SMILES string of the molecule is CN1[CH]([RaH])C2c3c[c]([Rb])[c]([Rb])cc3CN2[C]([RaH])([RaH])[C]1([RaH])[RaH]. The Balaban J connectivity index is 2.15. The average molecular weight is 1490 g/mol. The molecule has 2 heterocycles. The van der Waals surface area contributed by atoms with Crippen molar-refractivity contribution in [1.82, 2.24) is 9.80 Å². The molecule has 1 fully saturated rings.